The lowest BCUT2D eigenvalue weighted by molar-refractivity contribution is 0.318. The lowest BCUT2D eigenvalue weighted by Crippen LogP contribution is -2.12. The summed E-state index contributed by atoms with van der Waals surface area (Å²) in [4.78, 5) is 0. The SMILES string of the molecule is N#Cc1cccc(/C(N)=N/O)c1. The first-order valence-corrected chi connectivity index (χ1v) is 3.26. The van der Waals surface area contributed by atoms with Crippen LogP contribution in [0.4, 0.5) is 0 Å². The van der Waals surface area contributed by atoms with Crippen LogP contribution in [0.25, 0.3) is 0 Å². The van der Waals surface area contributed by atoms with Gasteiger partial charge >= 0.3 is 0 Å². The van der Waals surface area contributed by atoms with Gasteiger partial charge in [0.15, 0.2) is 5.84 Å². The van der Waals surface area contributed by atoms with Crippen molar-refractivity contribution >= 4 is 5.84 Å². The lowest BCUT2D eigenvalue weighted by Gasteiger charge is -1.96. The average molecular weight is 161 g/mol. The molecule has 12 heavy (non-hydrogen) atoms. The number of hydrogen-bond donors (Lipinski definition) is 2. The quantitative estimate of drug-likeness (QED) is 0.274. The van der Waals surface area contributed by atoms with E-state index in [1.165, 1.54) is 0 Å². The summed E-state index contributed by atoms with van der Waals surface area (Å²) in [5, 5.41) is 19.7. The van der Waals surface area contributed by atoms with Crippen molar-refractivity contribution in [2.24, 2.45) is 10.9 Å². The molecule has 4 nitrogen and oxygen atoms in total. The Kier molecular flexibility index (Phi) is 2.29. The number of amidine groups is 1. The fraction of sp³-hybridized carbons (Fsp3) is 0. The Morgan fingerprint density at radius 3 is 2.92 bits per heavy atom. The first-order valence-electron chi connectivity index (χ1n) is 3.26. The molecule has 0 saturated heterocycles. The molecule has 1 aromatic carbocycles. The number of nitriles is 1. The molecule has 0 aliphatic rings. The van der Waals surface area contributed by atoms with Crippen molar-refractivity contribution in [2.45, 2.75) is 0 Å². The van der Waals surface area contributed by atoms with E-state index in [-0.39, 0.29) is 5.84 Å². The highest BCUT2D eigenvalue weighted by Gasteiger charge is 1.98. The predicted octanol–water partition coefficient (Wildman–Crippen LogP) is 0.653. The van der Waals surface area contributed by atoms with Crippen LogP contribution >= 0.6 is 0 Å². The number of benzene rings is 1. The fourth-order valence-corrected chi connectivity index (χ4v) is 0.806. The Balaban J connectivity index is 3.12. The zero-order chi connectivity index (χ0) is 8.97. The molecule has 0 saturated carbocycles. The van der Waals surface area contributed by atoms with Crippen molar-refractivity contribution in [3.05, 3.63) is 35.4 Å². The van der Waals surface area contributed by atoms with Crippen molar-refractivity contribution in [3.63, 3.8) is 0 Å². The summed E-state index contributed by atoms with van der Waals surface area (Å²) in [5.74, 6) is 0.00657. The molecule has 0 radical (unpaired) electrons. The van der Waals surface area contributed by atoms with Gasteiger partial charge in [0, 0.05) is 5.56 Å². The van der Waals surface area contributed by atoms with Gasteiger partial charge in [-0.05, 0) is 12.1 Å². The summed E-state index contributed by atoms with van der Waals surface area (Å²) in [5.41, 5.74) is 6.33. The van der Waals surface area contributed by atoms with Crippen LogP contribution < -0.4 is 5.73 Å². The fourth-order valence-electron chi connectivity index (χ4n) is 0.806. The van der Waals surface area contributed by atoms with Crippen LogP contribution in [0.15, 0.2) is 29.4 Å². The average Bonchev–Trinajstić information content (AvgIpc) is 2.17. The Morgan fingerprint density at radius 1 is 1.58 bits per heavy atom. The van der Waals surface area contributed by atoms with Gasteiger partial charge in [0.25, 0.3) is 0 Å². The van der Waals surface area contributed by atoms with Crippen molar-refractivity contribution < 1.29 is 5.21 Å². The summed E-state index contributed by atoms with van der Waals surface area (Å²) >= 11 is 0. The smallest absolute Gasteiger partial charge is 0.170 e. The van der Waals surface area contributed by atoms with Gasteiger partial charge in [0.1, 0.15) is 0 Å². The van der Waals surface area contributed by atoms with Gasteiger partial charge in [0.2, 0.25) is 0 Å². The molecule has 4 heteroatoms. The molecule has 0 bridgehead atoms. The summed E-state index contributed by atoms with van der Waals surface area (Å²) in [6.07, 6.45) is 0. The standard InChI is InChI=1S/C8H7N3O/c9-5-6-2-1-3-7(4-6)8(10)11-12/h1-4,12H,(H2,10,11). The molecular formula is C8H7N3O. The van der Waals surface area contributed by atoms with E-state index in [1.54, 1.807) is 24.3 Å². The normalized spacial score (nSPS) is 10.8. The summed E-state index contributed by atoms with van der Waals surface area (Å²) in [7, 11) is 0. The molecule has 0 aromatic heterocycles. The number of nitrogens with zero attached hydrogens (tertiary/aromatic N) is 2. The van der Waals surface area contributed by atoms with E-state index in [2.05, 4.69) is 5.16 Å². The van der Waals surface area contributed by atoms with Crippen LogP contribution in [0, 0.1) is 11.3 Å². The third kappa shape index (κ3) is 1.52. The monoisotopic (exact) mass is 161 g/mol. The van der Waals surface area contributed by atoms with Crippen LogP contribution in [-0.4, -0.2) is 11.0 Å². The predicted molar refractivity (Wildman–Crippen MR) is 43.7 cm³/mol. The number of nitrogens with two attached hydrogens (primary N) is 1. The number of oxime groups is 1. The molecule has 0 fully saturated rings. The number of hydrogen-bond acceptors (Lipinski definition) is 3. The molecule has 0 spiro atoms. The van der Waals surface area contributed by atoms with Gasteiger partial charge in [-0.15, -0.1) is 0 Å². The molecule has 60 valence electrons. The highest BCUT2D eigenvalue weighted by molar-refractivity contribution is 5.97. The van der Waals surface area contributed by atoms with E-state index in [9.17, 15) is 0 Å². The van der Waals surface area contributed by atoms with E-state index in [4.69, 9.17) is 16.2 Å². The van der Waals surface area contributed by atoms with Gasteiger partial charge in [-0.1, -0.05) is 17.3 Å². The van der Waals surface area contributed by atoms with Crippen molar-refractivity contribution in [3.8, 4) is 6.07 Å². The van der Waals surface area contributed by atoms with Crippen LogP contribution in [0.2, 0.25) is 0 Å². The minimum absolute atomic E-state index is 0.00657. The van der Waals surface area contributed by atoms with E-state index in [0.717, 1.165) is 0 Å². The minimum atomic E-state index is 0.00657. The van der Waals surface area contributed by atoms with Gasteiger partial charge in [0.05, 0.1) is 11.6 Å². The van der Waals surface area contributed by atoms with E-state index in [0.29, 0.717) is 11.1 Å². The molecule has 0 amide bonds. The van der Waals surface area contributed by atoms with Crippen LogP contribution in [0.3, 0.4) is 0 Å². The Morgan fingerprint density at radius 2 is 2.33 bits per heavy atom. The molecular weight excluding hydrogens is 154 g/mol. The minimum Gasteiger partial charge on any atom is -0.409 e. The first kappa shape index (κ1) is 8.08. The molecule has 1 aromatic rings. The first-order chi connectivity index (χ1) is 5.77. The third-order valence-corrected chi connectivity index (χ3v) is 1.40. The highest BCUT2D eigenvalue weighted by atomic mass is 16.4. The maximum absolute atomic E-state index is 8.52. The van der Waals surface area contributed by atoms with Crippen LogP contribution in [0.1, 0.15) is 11.1 Å². The van der Waals surface area contributed by atoms with E-state index >= 15 is 0 Å². The van der Waals surface area contributed by atoms with Crippen LogP contribution in [-0.2, 0) is 0 Å². The van der Waals surface area contributed by atoms with Gasteiger partial charge in [-0.3, -0.25) is 0 Å². The van der Waals surface area contributed by atoms with Crippen LogP contribution in [0.5, 0.6) is 0 Å². The zero-order valence-corrected chi connectivity index (χ0v) is 6.23. The summed E-state index contributed by atoms with van der Waals surface area (Å²) < 4.78 is 0. The maximum atomic E-state index is 8.52. The Hall–Kier alpha value is -2.02. The summed E-state index contributed by atoms with van der Waals surface area (Å²) in [6.45, 7) is 0. The second-order valence-electron chi connectivity index (χ2n) is 2.18. The lowest BCUT2D eigenvalue weighted by atomic mass is 10.1. The van der Waals surface area contributed by atoms with E-state index < -0.39 is 0 Å². The second-order valence-corrected chi connectivity index (χ2v) is 2.18. The molecule has 0 unspecified atom stereocenters. The van der Waals surface area contributed by atoms with Gasteiger partial charge in [-0.2, -0.15) is 5.26 Å². The van der Waals surface area contributed by atoms with Gasteiger partial charge in [-0.25, -0.2) is 0 Å². The highest BCUT2D eigenvalue weighted by Crippen LogP contribution is 2.02. The molecule has 3 N–H and O–H groups in total. The van der Waals surface area contributed by atoms with Gasteiger partial charge < -0.3 is 10.9 Å². The molecule has 0 atom stereocenters. The van der Waals surface area contributed by atoms with Crippen molar-refractivity contribution in [1.29, 1.82) is 5.26 Å². The molecule has 0 heterocycles. The maximum Gasteiger partial charge on any atom is 0.170 e. The molecule has 0 aliphatic carbocycles. The summed E-state index contributed by atoms with van der Waals surface area (Å²) in [6, 6.07) is 8.49. The third-order valence-electron chi connectivity index (χ3n) is 1.40. The van der Waals surface area contributed by atoms with E-state index in [1.807, 2.05) is 6.07 Å². The molecule has 0 aliphatic heterocycles. The second kappa shape index (κ2) is 3.39. The zero-order valence-electron chi connectivity index (χ0n) is 6.23. The van der Waals surface area contributed by atoms with Crippen molar-refractivity contribution in [1.82, 2.24) is 0 Å². The Bertz CT molecular complexity index is 352. The molecule has 1 rings (SSSR count). The van der Waals surface area contributed by atoms with Crippen molar-refractivity contribution in [2.75, 3.05) is 0 Å². The number of rotatable bonds is 1. The topological polar surface area (TPSA) is 82.4 Å². The Labute approximate surface area is 69.5 Å². The largest absolute Gasteiger partial charge is 0.409 e.